The van der Waals surface area contributed by atoms with E-state index in [1.165, 1.54) is 23.1 Å². The van der Waals surface area contributed by atoms with Gasteiger partial charge in [-0.05, 0) is 30.2 Å². The van der Waals surface area contributed by atoms with Crippen molar-refractivity contribution >= 4 is 28.2 Å². The van der Waals surface area contributed by atoms with Gasteiger partial charge >= 0.3 is 10.3 Å². The number of carbonyl (C=O) groups excluding carboxylic acids is 2. The fourth-order valence-electron chi connectivity index (χ4n) is 2.91. The average Bonchev–Trinajstić information content (AvgIpc) is 2.83. The summed E-state index contributed by atoms with van der Waals surface area (Å²) in [5, 5.41) is 9.19. The Morgan fingerprint density at radius 2 is 1.91 bits per heavy atom. The average molecular weight is 338 g/mol. The molecule has 2 atom stereocenters. The Labute approximate surface area is 132 Å². The second-order valence-corrected chi connectivity index (χ2v) is 6.66. The van der Waals surface area contributed by atoms with E-state index in [2.05, 4.69) is 0 Å². The van der Waals surface area contributed by atoms with Crippen molar-refractivity contribution in [2.45, 2.75) is 18.5 Å². The van der Waals surface area contributed by atoms with E-state index in [9.17, 15) is 23.1 Å². The van der Waals surface area contributed by atoms with Crippen molar-refractivity contribution in [3.63, 3.8) is 0 Å². The van der Waals surface area contributed by atoms with Crippen LogP contribution in [0.25, 0.3) is 6.08 Å². The lowest BCUT2D eigenvalue weighted by atomic mass is 10.0. The molecule has 0 bridgehead atoms. The topological polar surface area (TPSA) is 115 Å². The number of likely N-dealkylation sites (tertiary alicyclic amines) is 1. The highest BCUT2D eigenvalue weighted by Crippen LogP contribution is 2.35. The van der Waals surface area contributed by atoms with Gasteiger partial charge in [0.25, 0.3) is 5.91 Å². The second-order valence-electron chi connectivity index (χ2n) is 5.37. The zero-order valence-electron chi connectivity index (χ0n) is 11.9. The maximum atomic E-state index is 12.2. The summed E-state index contributed by atoms with van der Waals surface area (Å²) in [5.74, 6) is -1.09. The number of phenolic OH excluding ortho intramolecular Hbond substituents is 1. The van der Waals surface area contributed by atoms with E-state index in [4.69, 9.17) is 4.55 Å². The molecule has 2 N–H and O–H groups in total. The summed E-state index contributed by atoms with van der Waals surface area (Å²) in [6, 6.07) is 4.68. The van der Waals surface area contributed by atoms with Crippen molar-refractivity contribution < 1.29 is 27.7 Å². The molecule has 0 spiro atoms. The van der Waals surface area contributed by atoms with Crippen molar-refractivity contribution in [1.29, 1.82) is 0 Å². The summed E-state index contributed by atoms with van der Waals surface area (Å²) >= 11 is 0. The number of phenols is 1. The Kier molecular flexibility index (Phi) is 3.61. The van der Waals surface area contributed by atoms with Crippen molar-refractivity contribution in [2.24, 2.45) is 0 Å². The molecule has 0 aliphatic carbocycles. The first-order chi connectivity index (χ1) is 10.8. The molecule has 0 saturated carbocycles. The van der Waals surface area contributed by atoms with Gasteiger partial charge in [-0.3, -0.25) is 14.1 Å². The SMILES string of the molecule is O=C(/C=C/c1ccc(O)cc1)N1CC[C@@H]2[C@H]1C(=O)N2S(=O)(=O)O. The maximum Gasteiger partial charge on any atom is 0.362 e. The number of fused-ring (bicyclic) bond motifs is 1. The van der Waals surface area contributed by atoms with Crippen LogP contribution in [0.4, 0.5) is 0 Å². The summed E-state index contributed by atoms with van der Waals surface area (Å²) in [5.41, 5.74) is 0.700. The third-order valence-corrected chi connectivity index (χ3v) is 4.93. The second kappa shape index (κ2) is 5.36. The van der Waals surface area contributed by atoms with E-state index in [0.717, 1.165) is 0 Å². The molecule has 1 aromatic rings. The standard InChI is InChI=1S/C14H14N2O6S/c17-10-4-1-9(2-5-10)3-6-12(18)15-8-7-11-13(15)14(19)16(11)23(20,21)22/h1-6,11,13,17H,7-8H2,(H,20,21,22)/b6-3+/t11-,13+/m1/s1. The minimum Gasteiger partial charge on any atom is -0.508 e. The smallest absolute Gasteiger partial charge is 0.362 e. The first-order valence-corrected chi connectivity index (χ1v) is 8.27. The summed E-state index contributed by atoms with van der Waals surface area (Å²) in [4.78, 5) is 25.3. The Morgan fingerprint density at radius 3 is 2.52 bits per heavy atom. The van der Waals surface area contributed by atoms with Gasteiger partial charge in [0.2, 0.25) is 5.91 Å². The number of aromatic hydroxyl groups is 1. The number of benzene rings is 1. The predicted octanol–water partition coefficient (Wildman–Crippen LogP) is 0.0199. The maximum absolute atomic E-state index is 12.2. The van der Waals surface area contributed by atoms with Gasteiger partial charge in [0, 0.05) is 12.6 Å². The number of β-lactam (4-membered cyclic amide) rings is 1. The molecule has 0 aromatic heterocycles. The fourth-order valence-corrected chi connectivity index (χ4v) is 3.81. The van der Waals surface area contributed by atoms with Crippen LogP contribution in [0.1, 0.15) is 12.0 Å². The van der Waals surface area contributed by atoms with Gasteiger partial charge in [-0.15, -0.1) is 0 Å². The molecule has 9 heteroatoms. The van der Waals surface area contributed by atoms with Crippen molar-refractivity contribution in [2.75, 3.05) is 6.54 Å². The van der Waals surface area contributed by atoms with Crippen molar-refractivity contribution in [3.8, 4) is 5.75 Å². The minimum atomic E-state index is -4.57. The van der Waals surface area contributed by atoms with E-state index < -0.39 is 34.2 Å². The van der Waals surface area contributed by atoms with Gasteiger partial charge in [-0.1, -0.05) is 12.1 Å². The van der Waals surface area contributed by atoms with Crippen molar-refractivity contribution in [3.05, 3.63) is 35.9 Å². The van der Waals surface area contributed by atoms with Crippen molar-refractivity contribution in [1.82, 2.24) is 9.21 Å². The van der Waals surface area contributed by atoms with E-state index in [-0.39, 0.29) is 12.3 Å². The minimum absolute atomic E-state index is 0.112. The van der Waals surface area contributed by atoms with Gasteiger partial charge in [0.1, 0.15) is 11.8 Å². The molecule has 23 heavy (non-hydrogen) atoms. The fraction of sp³-hybridized carbons (Fsp3) is 0.286. The van der Waals surface area contributed by atoms with Gasteiger partial charge in [0.05, 0.1) is 6.04 Å². The lowest BCUT2D eigenvalue weighted by Crippen LogP contribution is -2.68. The molecule has 2 amide bonds. The molecule has 2 fully saturated rings. The first-order valence-electron chi connectivity index (χ1n) is 6.87. The monoisotopic (exact) mass is 338 g/mol. The molecule has 2 saturated heterocycles. The third kappa shape index (κ3) is 2.68. The molecule has 122 valence electrons. The Balaban J connectivity index is 1.71. The van der Waals surface area contributed by atoms with E-state index >= 15 is 0 Å². The van der Waals surface area contributed by atoms with E-state index in [0.29, 0.717) is 16.3 Å². The zero-order valence-corrected chi connectivity index (χ0v) is 12.7. The van der Waals surface area contributed by atoms with Crippen LogP contribution in [0.2, 0.25) is 0 Å². The van der Waals surface area contributed by atoms with Crippen LogP contribution in [-0.4, -0.2) is 57.7 Å². The van der Waals surface area contributed by atoms with Crippen LogP contribution < -0.4 is 0 Å². The molecule has 3 rings (SSSR count). The summed E-state index contributed by atoms with van der Waals surface area (Å²) < 4.78 is 31.6. The molecule has 8 nitrogen and oxygen atoms in total. The Bertz CT molecular complexity index is 786. The van der Waals surface area contributed by atoms with Crippen LogP contribution in [0.3, 0.4) is 0 Å². The number of carbonyl (C=O) groups is 2. The molecule has 2 aliphatic heterocycles. The quantitative estimate of drug-likeness (QED) is 0.456. The van der Waals surface area contributed by atoms with E-state index in [1.807, 2.05) is 0 Å². The summed E-state index contributed by atoms with van der Waals surface area (Å²) in [6.07, 6.45) is 3.13. The van der Waals surface area contributed by atoms with Crippen LogP contribution in [0, 0.1) is 0 Å². The normalized spacial score (nSPS) is 24.0. The molecule has 2 heterocycles. The summed E-state index contributed by atoms with van der Waals surface area (Å²) in [7, 11) is -4.57. The lowest BCUT2D eigenvalue weighted by Gasteiger charge is -2.42. The molecular weight excluding hydrogens is 324 g/mol. The Hall–Kier alpha value is -2.39. The lowest BCUT2D eigenvalue weighted by molar-refractivity contribution is -0.149. The van der Waals surface area contributed by atoms with Gasteiger partial charge in [-0.2, -0.15) is 8.42 Å². The zero-order chi connectivity index (χ0) is 16.8. The number of nitrogens with zero attached hydrogens (tertiary/aromatic N) is 2. The van der Waals surface area contributed by atoms with Crippen LogP contribution in [0.5, 0.6) is 5.75 Å². The summed E-state index contributed by atoms with van der Waals surface area (Å²) in [6.45, 7) is 0.242. The first kappa shape index (κ1) is 15.5. The highest BCUT2D eigenvalue weighted by molar-refractivity contribution is 7.84. The molecular formula is C14H14N2O6S. The van der Waals surface area contributed by atoms with Crippen LogP contribution >= 0.6 is 0 Å². The number of hydrogen-bond donors (Lipinski definition) is 2. The number of amides is 2. The van der Waals surface area contributed by atoms with Gasteiger partial charge < -0.3 is 10.0 Å². The molecule has 0 radical (unpaired) electrons. The largest absolute Gasteiger partial charge is 0.508 e. The van der Waals surface area contributed by atoms with Crippen LogP contribution in [0.15, 0.2) is 30.3 Å². The number of rotatable bonds is 3. The molecule has 2 aliphatic rings. The molecule has 0 unspecified atom stereocenters. The van der Waals surface area contributed by atoms with E-state index in [1.54, 1.807) is 18.2 Å². The highest BCUT2D eigenvalue weighted by Gasteiger charge is 2.59. The number of hydrogen-bond acceptors (Lipinski definition) is 5. The third-order valence-electron chi connectivity index (χ3n) is 3.98. The van der Waals surface area contributed by atoms with Crippen LogP contribution in [-0.2, 0) is 19.9 Å². The highest BCUT2D eigenvalue weighted by atomic mass is 32.2. The van der Waals surface area contributed by atoms with Gasteiger partial charge in [0.15, 0.2) is 0 Å². The Morgan fingerprint density at radius 1 is 1.26 bits per heavy atom. The van der Waals surface area contributed by atoms with Gasteiger partial charge in [-0.25, -0.2) is 4.31 Å². The molecule has 1 aromatic carbocycles. The predicted molar refractivity (Wildman–Crippen MR) is 79.4 cm³/mol.